The zero-order valence-corrected chi connectivity index (χ0v) is 21.0. The van der Waals surface area contributed by atoms with Gasteiger partial charge in [-0.05, 0) is 68.9 Å². The number of alkyl halides is 2. The van der Waals surface area contributed by atoms with E-state index in [0.717, 1.165) is 31.2 Å². The first-order valence-corrected chi connectivity index (χ1v) is 12.6. The third-order valence-electron chi connectivity index (χ3n) is 7.01. The number of fused-ring (bicyclic) bond motifs is 1. The molecule has 0 saturated heterocycles. The van der Waals surface area contributed by atoms with Gasteiger partial charge in [-0.1, -0.05) is 23.7 Å². The number of amides is 1. The summed E-state index contributed by atoms with van der Waals surface area (Å²) in [5.41, 5.74) is 2.48. The maximum Gasteiger partial charge on any atom is 0.333 e. The van der Waals surface area contributed by atoms with E-state index in [1.165, 1.54) is 29.1 Å². The second-order valence-corrected chi connectivity index (χ2v) is 9.87. The van der Waals surface area contributed by atoms with Gasteiger partial charge in [0, 0.05) is 18.8 Å². The van der Waals surface area contributed by atoms with Gasteiger partial charge in [0.15, 0.2) is 0 Å². The Morgan fingerprint density at radius 2 is 1.81 bits per heavy atom. The number of carbonyl (C=O) groups excluding carboxylic acids is 1. The summed E-state index contributed by atoms with van der Waals surface area (Å²) in [5.74, 6) is 0.0840. The Bertz CT molecular complexity index is 1490. The number of para-hydroxylation sites is 2. The summed E-state index contributed by atoms with van der Waals surface area (Å²) < 4.78 is 29.2. The Labute approximate surface area is 217 Å². The number of imidazole rings is 1. The molecule has 0 aliphatic heterocycles. The number of hydrogen-bond acceptors (Lipinski definition) is 4. The normalized spacial score (nSPS) is 17.9. The van der Waals surface area contributed by atoms with E-state index in [2.05, 4.69) is 15.3 Å². The van der Waals surface area contributed by atoms with Crippen LogP contribution in [0.25, 0.3) is 16.7 Å². The van der Waals surface area contributed by atoms with Crippen molar-refractivity contribution in [1.82, 2.24) is 24.4 Å². The minimum Gasteiger partial charge on any atom is -0.349 e. The lowest BCUT2D eigenvalue weighted by Gasteiger charge is -2.29. The van der Waals surface area contributed by atoms with E-state index < -0.39 is 6.43 Å². The first-order chi connectivity index (χ1) is 17.8. The van der Waals surface area contributed by atoms with Crippen molar-refractivity contribution in [3.63, 3.8) is 0 Å². The van der Waals surface area contributed by atoms with Crippen molar-refractivity contribution in [2.75, 3.05) is 0 Å². The third-order valence-corrected chi connectivity index (χ3v) is 7.22. The molecule has 37 heavy (non-hydrogen) atoms. The summed E-state index contributed by atoms with van der Waals surface area (Å²) in [4.78, 5) is 34.2. The number of aromatic nitrogens is 4. The molecular formula is C27H26ClF2N5O2. The lowest BCUT2D eigenvalue weighted by Crippen LogP contribution is -2.39. The molecule has 1 amide bonds. The lowest BCUT2D eigenvalue weighted by atomic mass is 9.85. The van der Waals surface area contributed by atoms with Gasteiger partial charge in [-0.2, -0.15) is 0 Å². The van der Waals surface area contributed by atoms with Crippen LogP contribution in [0.1, 0.15) is 53.9 Å². The molecule has 0 bridgehead atoms. The molecule has 3 aromatic heterocycles. The molecule has 0 spiro atoms. The fraction of sp³-hybridized carbons (Fsp3) is 0.333. The molecule has 1 aliphatic carbocycles. The standard InChI is InChI=1S/C27H26ClF2N5O2/c1-16-21(12-18(28)13-31-16)26(36)33-19-8-6-17(7-9-19)15-34-23-4-2-3-5-24(23)35(27(34)37)20-10-11-22(25(29)30)32-14-20/h2-5,10-14,17,19,25H,6-9,15H2,1H3,(H,33,36). The summed E-state index contributed by atoms with van der Waals surface area (Å²) in [6.07, 6.45) is 3.48. The number of halogens is 3. The zero-order valence-electron chi connectivity index (χ0n) is 20.2. The average Bonchev–Trinajstić information content (AvgIpc) is 3.17. The van der Waals surface area contributed by atoms with Crippen molar-refractivity contribution in [2.24, 2.45) is 5.92 Å². The van der Waals surface area contributed by atoms with Gasteiger partial charge in [-0.25, -0.2) is 13.6 Å². The van der Waals surface area contributed by atoms with Crippen LogP contribution in [0, 0.1) is 12.8 Å². The van der Waals surface area contributed by atoms with Gasteiger partial charge >= 0.3 is 5.69 Å². The van der Waals surface area contributed by atoms with Crippen molar-refractivity contribution < 1.29 is 13.6 Å². The molecule has 0 unspecified atom stereocenters. The number of benzene rings is 1. The van der Waals surface area contributed by atoms with Crippen LogP contribution >= 0.6 is 11.6 Å². The van der Waals surface area contributed by atoms with Gasteiger partial charge in [0.2, 0.25) is 0 Å². The number of nitrogens with one attached hydrogen (secondary N) is 1. The van der Waals surface area contributed by atoms with Gasteiger partial charge < -0.3 is 5.32 Å². The molecule has 0 atom stereocenters. The minimum absolute atomic E-state index is 0.0413. The minimum atomic E-state index is -2.67. The molecule has 3 heterocycles. The van der Waals surface area contributed by atoms with Crippen LogP contribution in [0.3, 0.4) is 0 Å². The molecular weight excluding hydrogens is 500 g/mol. The Hall–Kier alpha value is -3.59. The Balaban J connectivity index is 1.31. The maximum atomic E-state index is 13.5. The summed E-state index contributed by atoms with van der Waals surface area (Å²) in [5, 5.41) is 3.52. The smallest absolute Gasteiger partial charge is 0.333 e. The number of rotatable bonds is 6. The third kappa shape index (κ3) is 5.13. The highest BCUT2D eigenvalue weighted by molar-refractivity contribution is 6.30. The number of nitrogens with zero attached hydrogens (tertiary/aromatic N) is 4. The van der Waals surface area contributed by atoms with E-state index in [4.69, 9.17) is 11.6 Å². The van der Waals surface area contributed by atoms with Crippen LogP contribution < -0.4 is 11.0 Å². The molecule has 1 saturated carbocycles. The van der Waals surface area contributed by atoms with Crippen molar-refractivity contribution in [3.8, 4) is 5.69 Å². The van der Waals surface area contributed by atoms with Crippen LogP contribution in [-0.2, 0) is 6.54 Å². The molecule has 1 aromatic carbocycles. The van der Waals surface area contributed by atoms with Gasteiger partial charge in [-0.3, -0.25) is 23.9 Å². The first-order valence-electron chi connectivity index (χ1n) is 12.2. The highest BCUT2D eigenvalue weighted by Gasteiger charge is 2.26. The zero-order chi connectivity index (χ0) is 26.1. The average molecular weight is 526 g/mol. The maximum absolute atomic E-state index is 13.5. The van der Waals surface area contributed by atoms with Crippen LogP contribution in [0.2, 0.25) is 5.02 Å². The van der Waals surface area contributed by atoms with Crippen molar-refractivity contribution in [1.29, 1.82) is 0 Å². The van der Waals surface area contributed by atoms with E-state index in [1.54, 1.807) is 17.6 Å². The van der Waals surface area contributed by atoms with Crippen molar-refractivity contribution in [2.45, 2.75) is 51.6 Å². The predicted octanol–water partition coefficient (Wildman–Crippen LogP) is 5.47. The summed E-state index contributed by atoms with van der Waals surface area (Å²) in [6, 6.07) is 11.9. The molecule has 192 valence electrons. The molecule has 0 radical (unpaired) electrons. The lowest BCUT2D eigenvalue weighted by molar-refractivity contribution is 0.0919. The Kier molecular flexibility index (Phi) is 7.06. The fourth-order valence-corrected chi connectivity index (χ4v) is 5.20. The van der Waals surface area contributed by atoms with E-state index in [0.29, 0.717) is 34.0 Å². The predicted molar refractivity (Wildman–Crippen MR) is 137 cm³/mol. The van der Waals surface area contributed by atoms with Gasteiger partial charge in [0.05, 0.1) is 39.2 Å². The van der Waals surface area contributed by atoms with Gasteiger partial charge in [0.1, 0.15) is 5.69 Å². The second kappa shape index (κ2) is 10.4. The number of pyridine rings is 2. The van der Waals surface area contributed by atoms with Gasteiger partial charge in [0.25, 0.3) is 12.3 Å². The quantitative estimate of drug-likeness (QED) is 0.362. The monoisotopic (exact) mass is 525 g/mol. The highest BCUT2D eigenvalue weighted by atomic mass is 35.5. The van der Waals surface area contributed by atoms with E-state index in [9.17, 15) is 18.4 Å². The topological polar surface area (TPSA) is 81.8 Å². The number of aryl methyl sites for hydroxylation is 1. The number of carbonyl (C=O) groups is 1. The largest absolute Gasteiger partial charge is 0.349 e. The first kappa shape index (κ1) is 25.1. The SMILES string of the molecule is Cc1ncc(Cl)cc1C(=O)NC1CCC(Cn2c(=O)n(-c3ccc(C(F)F)nc3)c3ccccc32)CC1. The molecule has 1 fully saturated rings. The van der Waals surface area contributed by atoms with Crippen molar-refractivity contribution >= 4 is 28.5 Å². The Morgan fingerprint density at radius 3 is 2.49 bits per heavy atom. The molecule has 1 N–H and O–H groups in total. The molecule has 7 nitrogen and oxygen atoms in total. The number of hydrogen-bond donors (Lipinski definition) is 1. The van der Waals surface area contributed by atoms with Gasteiger partial charge in [-0.15, -0.1) is 0 Å². The molecule has 4 aromatic rings. The summed E-state index contributed by atoms with van der Waals surface area (Å²) in [6.45, 7) is 2.31. The van der Waals surface area contributed by atoms with Crippen LogP contribution in [-0.4, -0.2) is 31.1 Å². The molecule has 10 heteroatoms. The van der Waals surface area contributed by atoms with E-state index >= 15 is 0 Å². The second-order valence-electron chi connectivity index (χ2n) is 9.44. The molecule has 5 rings (SSSR count). The highest BCUT2D eigenvalue weighted by Crippen LogP contribution is 2.28. The molecule has 1 aliphatic rings. The van der Waals surface area contributed by atoms with Crippen LogP contribution in [0.4, 0.5) is 8.78 Å². The van der Waals surface area contributed by atoms with Crippen molar-refractivity contribution in [3.05, 3.63) is 87.3 Å². The summed E-state index contributed by atoms with van der Waals surface area (Å²) in [7, 11) is 0. The van der Waals surface area contributed by atoms with Crippen LogP contribution in [0.15, 0.2) is 59.7 Å². The Morgan fingerprint density at radius 1 is 1.08 bits per heavy atom. The van der Waals surface area contributed by atoms with Crippen LogP contribution in [0.5, 0.6) is 0 Å². The fourth-order valence-electron chi connectivity index (χ4n) is 5.04. The van der Waals surface area contributed by atoms with E-state index in [1.807, 2.05) is 24.3 Å². The summed E-state index contributed by atoms with van der Waals surface area (Å²) >= 11 is 6.01. The van der Waals surface area contributed by atoms with E-state index in [-0.39, 0.29) is 29.3 Å².